The second kappa shape index (κ2) is 6.42. The van der Waals surface area contributed by atoms with Crippen LogP contribution < -0.4 is 15.8 Å². The van der Waals surface area contributed by atoms with E-state index in [4.69, 9.17) is 10.5 Å². The van der Waals surface area contributed by atoms with Crippen LogP contribution in [0.5, 0.6) is 5.75 Å². The van der Waals surface area contributed by atoms with Crippen molar-refractivity contribution in [3.05, 3.63) is 28.7 Å². The van der Waals surface area contributed by atoms with Gasteiger partial charge in [0.25, 0.3) is 0 Å². The highest BCUT2D eigenvalue weighted by atomic mass is 79.9. The molecule has 1 amide bonds. The zero-order valence-corrected chi connectivity index (χ0v) is 9.79. The van der Waals surface area contributed by atoms with Crippen molar-refractivity contribution in [2.45, 2.75) is 0 Å². The maximum Gasteiger partial charge on any atom is 0.233 e. The third-order valence-corrected chi connectivity index (χ3v) is 2.22. The molecule has 0 saturated carbocycles. The summed E-state index contributed by atoms with van der Waals surface area (Å²) in [6.07, 6.45) is 0. The smallest absolute Gasteiger partial charge is 0.233 e. The Morgan fingerprint density at radius 1 is 1.40 bits per heavy atom. The largest absolute Gasteiger partial charge is 0.492 e. The maximum absolute atomic E-state index is 10.8. The number of rotatable bonds is 5. The Bertz CT molecular complexity index is 314. The average Bonchev–Trinajstić information content (AvgIpc) is 2.26. The van der Waals surface area contributed by atoms with E-state index >= 15 is 0 Å². The fraction of sp³-hybridized carbons (Fsp3) is 0.300. The Labute approximate surface area is 96.9 Å². The summed E-state index contributed by atoms with van der Waals surface area (Å²) in [5.41, 5.74) is 5.12. The fourth-order valence-corrected chi connectivity index (χ4v) is 1.23. The molecule has 0 fully saturated rings. The Balaban J connectivity index is 2.20. The maximum atomic E-state index is 10.8. The number of benzene rings is 1. The highest BCUT2D eigenvalue weighted by molar-refractivity contribution is 9.10. The SMILES string of the molecule is NCC(=O)NCCOc1ccc(Br)cc1. The van der Waals surface area contributed by atoms with Crippen LogP contribution in [-0.2, 0) is 4.79 Å². The molecule has 0 saturated heterocycles. The number of ether oxygens (including phenoxy) is 1. The van der Waals surface area contributed by atoms with Crippen molar-refractivity contribution in [1.29, 1.82) is 0 Å². The van der Waals surface area contributed by atoms with Crippen LogP contribution in [0.15, 0.2) is 28.7 Å². The molecule has 0 unspecified atom stereocenters. The normalized spacial score (nSPS) is 9.73. The second-order valence-electron chi connectivity index (χ2n) is 2.86. The van der Waals surface area contributed by atoms with Gasteiger partial charge in [0, 0.05) is 4.47 Å². The van der Waals surface area contributed by atoms with Crippen LogP contribution in [-0.4, -0.2) is 25.6 Å². The summed E-state index contributed by atoms with van der Waals surface area (Å²) in [5.74, 6) is 0.606. The van der Waals surface area contributed by atoms with E-state index in [1.54, 1.807) is 0 Å². The van der Waals surface area contributed by atoms with Crippen LogP contribution in [0.4, 0.5) is 0 Å². The van der Waals surface area contributed by atoms with Crippen molar-refractivity contribution < 1.29 is 9.53 Å². The van der Waals surface area contributed by atoms with Crippen molar-refractivity contribution in [3.8, 4) is 5.75 Å². The predicted octanol–water partition coefficient (Wildman–Crippen LogP) is 0.903. The summed E-state index contributed by atoms with van der Waals surface area (Å²) < 4.78 is 6.39. The molecule has 0 aromatic heterocycles. The van der Waals surface area contributed by atoms with E-state index in [0.717, 1.165) is 10.2 Å². The molecule has 0 spiro atoms. The third-order valence-electron chi connectivity index (χ3n) is 1.69. The Morgan fingerprint density at radius 3 is 2.67 bits per heavy atom. The summed E-state index contributed by atoms with van der Waals surface area (Å²) in [5, 5.41) is 2.62. The van der Waals surface area contributed by atoms with Crippen molar-refractivity contribution >= 4 is 21.8 Å². The topological polar surface area (TPSA) is 64.4 Å². The summed E-state index contributed by atoms with van der Waals surface area (Å²) in [7, 11) is 0. The van der Waals surface area contributed by atoms with Crippen LogP contribution in [0, 0.1) is 0 Å². The Morgan fingerprint density at radius 2 is 2.07 bits per heavy atom. The lowest BCUT2D eigenvalue weighted by Crippen LogP contribution is -2.33. The number of hydrogen-bond donors (Lipinski definition) is 2. The first-order valence-corrected chi connectivity index (χ1v) is 5.37. The lowest BCUT2D eigenvalue weighted by atomic mass is 10.3. The lowest BCUT2D eigenvalue weighted by Gasteiger charge is -2.06. The van der Waals surface area contributed by atoms with E-state index in [1.165, 1.54) is 0 Å². The summed E-state index contributed by atoms with van der Waals surface area (Å²) in [4.78, 5) is 10.8. The minimum atomic E-state index is -0.172. The fourth-order valence-electron chi connectivity index (χ4n) is 0.962. The third kappa shape index (κ3) is 4.80. The van der Waals surface area contributed by atoms with Crippen molar-refractivity contribution in [3.63, 3.8) is 0 Å². The molecule has 0 radical (unpaired) electrons. The molecule has 0 aliphatic heterocycles. The summed E-state index contributed by atoms with van der Waals surface area (Å²) in [6.45, 7) is 0.914. The highest BCUT2D eigenvalue weighted by Crippen LogP contribution is 2.15. The molecule has 5 heteroatoms. The molecule has 1 rings (SSSR count). The van der Waals surface area contributed by atoms with Gasteiger partial charge in [0.15, 0.2) is 0 Å². The van der Waals surface area contributed by atoms with Crippen molar-refractivity contribution in [2.24, 2.45) is 5.73 Å². The second-order valence-corrected chi connectivity index (χ2v) is 3.77. The van der Waals surface area contributed by atoms with E-state index in [9.17, 15) is 4.79 Å². The molecule has 0 bridgehead atoms. The number of carbonyl (C=O) groups excluding carboxylic acids is 1. The molecular formula is C10H13BrN2O2. The highest BCUT2D eigenvalue weighted by Gasteiger charge is 1.96. The van der Waals surface area contributed by atoms with Crippen LogP contribution in [0.2, 0.25) is 0 Å². The van der Waals surface area contributed by atoms with Gasteiger partial charge in [-0.25, -0.2) is 0 Å². The van der Waals surface area contributed by atoms with E-state index in [-0.39, 0.29) is 12.5 Å². The zero-order valence-electron chi connectivity index (χ0n) is 8.20. The van der Waals surface area contributed by atoms with Gasteiger partial charge < -0.3 is 15.8 Å². The molecule has 1 aromatic rings. The van der Waals surface area contributed by atoms with Gasteiger partial charge in [-0.1, -0.05) is 15.9 Å². The molecule has 15 heavy (non-hydrogen) atoms. The molecule has 3 N–H and O–H groups in total. The van der Waals surface area contributed by atoms with Gasteiger partial charge in [0.1, 0.15) is 12.4 Å². The number of carbonyl (C=O) groups is 1. The van der Waals surface area contributed by atoms with Crippen LogP contribution in [0.1, 0.15) is 0 Å². The average molecular weight is 273 g/mol. The number of hydrogen-bond acceptors (Lipinski definition) is 3. The van der Waals surface area contributed by atoms with Gasteiger partial charge >= 0.3 is 0 Å². The first kappa shape index (κ1) is 12.0. The molecule has 0 aliphatic rings. The summed E-state index contributed by atoms with van der Waals surface area (Å²) in [6, 6.07) is 7.51. The van der Waals surface area contributed by atoms with Crippen LogP contribution >= 0.6 is 15.9 Å². The van der Waals surface area contributed by atoms with E-state index in [1.807, 2.05) is 24.3 Å². The molecule has 4 nitrogen and oxygen atoms in total. The number of nitrogens with two attached hydrogens (primary N) is 1. The first-order chi connectivity index (χ1) is 7.22. The van der Waals surface area contributed by atoms with E-state index < -0.39 is 0 Å². The Hall–Kier alpha value is -1.07. The molecule has 0 aliphatic carbocycles. The molecule has 82 valence electrons. The van der Waals surface area contributed by atoms with Gasteiger partial charge in [-0.05, 0) is 24.3 Å². The number of nitrogens with one attached hydrogen (secondary N) is 1. The molecule has 1 aromatic carbocycles. The van der Waals surface area contributed by atoms with E-state index in [2.05, 4.69) is 21.2 Å². The van der Waals surface area contributed by atoms with Gasteiger partial charge in [-0.3, -0.25) is 4.79 Å². The van der Waals surface area contributed by atoms with Gasteiger partial charge in [-0.15, -0.1) is 0 Å². The molecular weight excluding hydrogens is 260 g/mol. The summed E-state index contributed by atoms with van der Waals surface area (Å²) >= 11 is 3.33. The van der Waals surface area contributed by atoms with Gasteiger partial charge in [0.05, 0.1) is 13.1 Å². The quantitative estimate of drug-likeness (QED) is 0.783. The molecule has 0 heterocycles. The number of amides is 1. The van der Waals surface area contributed by atoms with Gasteiger partial charge in [-0.2, -0.15) is 0 Å². The monoisotopic (exact) mass is 272 g/mol. The zero-order chi connectivity index (χ0) is 11.1. The van der Waals surface area contributed by atoms with Crippen molar-refractivity contribution in [1.82, 2.24) is 5.32 Å². The lowest BCUT2D eigenvalue weighted by molar-refractivity contribution is -0.119. The van der Waals surface area contributed by atoms with Gasteiger partial charge in [0.2, 0.25) is 5.91 Å². The van der Waals surface area contributed by atoms with Crippen LogP contribution in [0.25, 0.3) is 0 Å². The Kier molecular flexibility index (Phi) is 5.14. The first-order valence-electron chi connectivity index (χ1n) is 4.57. The predicted molar refractivity (Wildman–Crippen MR) is 61.7 cm³/mol. The van der Waals surface area contributed by atoms with Crippen LogP contribution in [0.3, 0.4) is 0 Å². The standard InChI is InChI=1S/C10H13BrN2O2/c11-8-1-3-9(4-2-8)15-6-5-13-10(14)7-12/h1-4H,5-7,12H2,(H,13,14). The van der Waals surface area contributed by atoms with E-state index in [0.29, 0.717) is 13.2 Å². The number of halogens is 1. The minimum Gasteiger partial charge on any atom is -0.492 e. The minimum absolute atomic E-state index is 0.0122. The van der Waals surface area contributed by atoms with Crippen molar-refractivity contribution in [2.75, 3.05) is 19.7 Å². The molecule has 0 atom stereocenters.